The van der Waals surface area contributed by atoms with Gasteiger partial charge in [0, 0.05) is 5.69 Å². The second kappa shape index (κ2) is 4.85. The van der Waals surface area contributed by atoms with Gasteiger partial charge in [-0.25, -0.2) is 4.39 Å². The van der Waals surface area contributed by atoms with Crippen molar-refractivity contribution in [3.8, 4) is 0 Å². The van der Waals surface area contributed by atoms with Crippen LogP contribution < -0.4 is 5.73 Å². The molecule has 0 spiro atoms. The summed E-state index contributed by atoms with van der Waals surface area (Å²) in [5.74, 6) is -0.253. The van der Waals surface area contributed by atoms with Gasteiger partial charge in [0.2, 0.25) is 0 Å². The molecular formula is C11H16FN. The topological polar surface area (TPSA) is 26.0 Å². The molecule has 0 saturated heterocycles. The third kappa shape index (κ3) is 3.05. The van der Waals surface area contributed by atoms with Gasteiger partial charge >= 0.3 is 0 Å². The number of rotatable bonds is 4. The number of halogens is 1. The lowest BCUT2D eigenvalue weighted by Crippen LogP contribution is -1.95. The zero-order valence-corrected chi connectivity index (χ0v) is 8.02. The van der Waals surface area contributed by atoms with E-state index >= 15 is 0 Å². The summed E-state index contributed by atoms with van der Waals surface area (Å²) >= 11 is 0. The summed E-state index contributed by atoms with van der Waals surface area (Å²) in [6, 6.07) is 4.64. The molecule has 72 valence electrons. The van der Waals surface area contributed by atoms with Crippen LogP contribution >= 0.6 is 0 Å². The second-order valence-corrected chi connectivity index (χ2v) is 3.30. The fraction of sp³-hybridized carbons (Fsp3) is 0.455. The van der Waals surface area contributed by atoms with Crippen molar-refractivity contribution in [1.82, 2.24) is 0 Å². The summed E-state index contributed by atoms with van der Waals surface area (Å²) in [5.41, 5.74) is 7.31. The number of anilines is 1. The van der Waals surface area contributed by atoms with E-state index in [-0.39, 0.29) is 5.82 Å². The predicted octanol–water partition coefficient (Wildman–Crippen LogP) is 3.14. The van der Waals surface area contributed by atoms with Crippen LogP contribution in [0.25, 0.3) is 0 Å². The van der Waals surface area contributed by atoms with Crippen LogP contribution in [0, 0.1) is 5.82 Å². The maximum atomic E-state index is 12.7. The van der Waals surface area contributed by atoms with E-state index in [1.807, 2.05) is 0 Å². The van der Waals surface area contributed by atoms with Gasteiger partial charge in [-0.1, -0.05) is 25.8 Å². The maximum Gasteiger partial charge on any atom is 0.125 e. The number of nitrogens with two attached hydrogens (primary N) is 1. The zero-order chi connectivity index (χ0) is 9.68. The molecule has 0 aliphatic carbocycles. The summed E-state index contributed by atoms with van der Waals surface area (Å²) in [7, 11) is 0. The van der Waals surface area contributed by atoms with E-state index in [1.54, 1.807) is 6.07 Å². The molecule has 2 heteroatoms. The summed E-state index contributed by atoms with van der Waals surface area (Å²) in [6.07, 6.45) is 4.49. The molecule has 2 N–H and O–H groups in total. The molecule has 0 aliphatic rings. The van der Waals surface area contributed by atoms with Crippen molar-refractivity contribution in [2.24, 2.45) is 0 Å². The van der Waals surface area contributed by atoms with Crippen LogP contribution in [0.3, 0.4) is 0 Å². The lowest BCUT2D eigenvalue weighted by molar-refractivity contribution is 0.627. The van der Waals surface area contributed by atoms with Gasteiger partial charge in [-0.3, -0.25) is 0 Å². The third-order valence-electron chi connectivity index (χ3n) is 2.16. The average molecular weight is 181 g/mol. The molecule has 0 radical (unpaired) electrons. The smallest absolute Gasteiger partial charge is 0.125 e. The van der Waals surface area contributed by atoms with Gasteiger partial charge in [-0.15, -0.1) is 0 Å². The number of hydrogen-bond donors (Lipinski definition) is 1. The molecule has 1 rings (SSSR count). The van der Waals surface area contributed by atoms with E-state index in [9.17, 15) is 4.39 Å². The highest BCUT2D eigenvalue weighted by molar-refractivity contribution is 5.46. The van der Waals surface area contributed by atoms with Crippen molar-refractivity contribution in [2.45, 2.75) is 32.6 Å². The van der Waals surface area contributed by atoms with Crippen molar-refractivity contribution in [3.63, 3.8) is 0 Å². The van der Waals surface area contributed by atoms with Crippen LogP contribution in [-0.2, 0) is 6.42 Å². The van der Waals surface area contributed by atoms with Gasteiger partial charge in [0.05, 0.1) is 0 Å². The first-order valence-corrected chi connectivity index (χ1v) is 4.78. The van der Waals surface area contributed by atoms with E-state index in [1.165, 1.54) is 25.0 Å². The molecule has 0 fully saturated rings. The Morgan fingerprint density at radius 3 is 2.69 bits per heavy atom. The Hall–Kier alpha value is -1.05. The van der Waals surface area contributed by atoms with Gasteiger partial charge in [0.15, 0.2) is 0 Å². The van der Waals surface area contributed by atoms with Crippen LogP contribution in [0.5, 0.6) is 0 Å². The lowest BCUT2D eigenvalue weighted by Gasteiger charge is -2.04. The molecule has 13 heavy (non-hydrogen) atoms. The van der Waals surface area contributed by atoms with Crippen molar-refractivity contribution >= 4 is 5.69 Å². The van der Waals surface area contributed by atoms with E-state index in [4.69, 9.17) is 5.73 Å². The fourth-order valence-electron chi connectivity index (χ4n) is 1.36. The summed E-state index contributed by atoms with van der Waals surface area (Å²) in [6.45, 7) is 2.16. The van der Waals surface area contributed by atoms with Gasteiger partial charge in [0.1, 0.15) is 5.82 Å². The summed E-state index contributed by atoms with van der Waals surface area (Å²) in [4.78, 5) is 0. The van der Waals surface area contributed by atoms with Crippen molar-refractivity contribution in [1.29, 1.82) is 0 Å². The molecule has 1 aromatic rings. The van der Waals surface area contributed by atoms with E-state index in [0.717, 1.165) is 18.4 Å². The van der Waals surface area contributed by atoms with E-state index in [2.05, 4.69) is 6.92 Å². The quantitative estimate of drug-likeness (QED) is 0.560. The van der Waals surface area contributed by atoms with Gasteiger partial charge in [-0.2, -0.15) is 0 Å². The van der Waals surface area contributed by atoms with Gasteiger partial charge in [-0.05, 0) is 30.5 Å². The Bertz CT molecular complexity index is 271. The number of hydrogen-bond acceptors (Lipinski definition) is 1. The molecular weight excluding hydrogens is 165 g/mol. The molecule has 0 amide bonds. The third-order valence-corrected chi connectivity index (χ3v) is 2.16. The first kappa shape index (κ1) is 10.0. The minimum Gasteiger partial charge on any atom is -0.398 e. The Kier molecular flexibility index (Phi) is 3.74. The molecule has 0 bridgehead atoms. The Balaban J connectivity index is 2.56. The Morgan fingerprint density at radius 2 is 2.08 bits per heavy atom. The highest BCUT2D eigenvalue weighted by atomic mass is 19.1. The standard InChI is InChI=1S/C11H16FN/c1-2-3-4-5-9-6-7-10(12)8-11(9)13/h6-8H,2-5,13H2,1H3. The number of nitrogen functional groups attached to an aromatic ring is 1. The van der Waals surface area contributed by atoms with Crippen molar-refractivity contribution in [2.75, 3.05) is 5.73 Å². The van der Waals surface area contributed by atoms with Crippen LogP contribution in [0.4, 0.5) is 10.1 Å². The SMILES string of the molecule is CCCCCc1ccc(F)cc1N. The van der Waals surface area contributed by atoms with Crippen LogP contribution in [0.15, 0.2) is 18.2 Å². The van der Waals surface area contributed by atoms with Crippen LogP contribution in [-0.4, -0.2) is 0 Å². The minimum absolute atomic E-state index is 0.253. The van der Waals surface area contributed by atoms with Crippen LogP contribution in [0.1, 0.15) is 31.7 Å². The first-order chi connectivity index (χ1) is 6.24. The number of unbranched alkanes of at least 4 members (excludes halogenated alkanes) is 2. The summed E-state index contributed by atoms with van der Waals surface area (Å²) < 4.78 is 12.7. The molecule has 1 nitrogen and oxygen atoms in total. The molecule has 0 aromatic heterocycles. The van der Waals surface area contributed by atoms with Crippen molar-refractivity contribution < 1.29 is 4.39 Å². The largest absolute Gasteiger partial charge is 0.398 e. The Morgan fingerprint density at radius 1 is 1.31 bits per heavy atom. The van der Waals surface area contributed by atoms with Crippen molar-refractivity contribution in [3.05, 3.63) is 29.6 Å². The van der Waals surface area contributed by atoms with E-state index < -0.39 is 0 Å². The zero-order valence-electron chi connectivity index (χ0n) is 8.02. The molecule has 1 aromatic carbocycles. The molecule has 0 heterocycles. The van der Waals surface area contributed by atoms with Gasteiger partial charge < -0.3 is 5.73 Å². The lowest BCUT2D eigenvalue weighted by atomic mass is 10.1. The summed E-state index contributed by atoms with van der Waals surface area (Å²) in [5, 5.41) is 0. The molecule has 0 aliphatic heterocycles. The normalized spacial score (nSPS) is 10.3. The number of benzene rings is 1. The second-order valence-electron chi connectivity index (χ2n) is 3.30. The minimum atomic E-state index is -0.253. The fourth-order valence-corrected chi connectivity index (χ4v) is 1.36. The highest BCUT2D eigenvalue weighted by Crippen LogP contribution is 2.16. The average Bonchev–Trinajstić information content (AvgIpc) is 2.09. The van der Waals surface area contributed by atoms with E-state index in [0.29, 0.717) is 5.69 Å². The molecule has 0 saturated carbocycles. The predicted molar refractivity (Wildman–Crippen MR) is 54.0 cm³/mol. The Labute approximate surface area is 78.8 Å². The van der Waals surface area contributed by atoms with Gasteiger partial charge in [0.25, 0.3) is 0 Å². The maximum absolute atomic E-state index is 12.7. The molecule has 0 atom stereocenters. The first-order valence-electron chi connectivity index (χ1n) is 4.78. The highest BCUT2D eigenvalue weighted by Gasteiger charge is 1.99. The van der Waals surface area contributed by atoms with Crippen LogP contribution in [0.2, 0.25) is 0 Å². The molecule has 0 unspecified atom stereocenters. The number of aryl methyl sites for hydroxylation is 1. The monoisotopic (exact) mass is 181 g/mol.